The number of carbonyl (C=O) groups excluding carboxylic acids is 2. The third-order valence-corrected chi connectivity index (χ3v) is 7.65. The Morgan fingerprint density at radius 2 is 1.64 bits per heavy atom. The van der Waals surface area contributed by atoms with Crippen LogP contribution in [0.4, 0.5) is 23.7 Å². The molecule has 0 bridgehead atoms. The second-order valence-corrected chi connectivity index (χ2v) is 10.3. The molecule has 3 saturated heterocycles. The van der Waals surface area contributed by atoms with Gasteiger partial charge in [0, 0.05) is 75.5 Å². The SMILES string of the molecule is CC(OC(=O)N1CCN(Cc2ccc(Cl)cc2N2CCC(C(=O)N3CCCC3)CC2)CC1)C(F)(F)F. The number of hydrogen-bond donors (Lipinski definition) is 0. The molecule has 0 aliphatic carbocycles. The predicted molar refractivity (Wildman–Crippen MR) is 131 cm³/mol. The fraction of sp³-hybridized carbons (Fsp3) is 0.680. The number of rotatable bonds is 5. The topological polar surface area (TPSA) is 56.3 Å². The van der Waals surface area contributed by atoms with Crippen molar-refractivity contribution in [2.45, 2.75) is 51.4 Å². The Hall–Kier alpha value is -2.20. The maximum Gasteiger partial charge on any atom is 0.425 e. The molecule has 0 N–H and O–H groups in total. The van der Waals surface area contributed by atoms with Crippen molar-refractivity contribution in [2.75, 3.05) is 57.3 Å². The molecule has 0 spiro atoms. The highest BCUT2D eigenvalue weighted by atomic mass is 35.5. The first kappa shape index (κ1) is 26.9. The van der Waals surface area contributed by atoms with Crippen LogP contribution in [0.25, 0.3) is 0 Å². The van der Waals surface area contributed by atoms with Crippen LogP contribution in [0.15, 0.2) is 18.2 Å². The van der Waals surface area contributed by atoms with Gasteiger partial charge in [0.15, 0.2) is 6.10 Å². The lowest BCUT2D eigenvalue weighted by molar-refractivity contribution is -0.200. The first-order valence-electron chi connectivity index (χ1n) is 12.7. The van der Waals surface area contributed by atoms with E-state index < -0.39 is 18.4 Å². The predicted octanol–water partition coefficient (Wildman–Crippen LogP) is 4.38. The minimum Gasteiger partial charge on any atom is -0.437 e. The first-order valence-corrected chi connectivity index (χ1v) is 13.1. The number of piperazine rings is 1. The Kier molecular flexibility index (Phi) is 8.55. The second-order valence-electron chi connectivity index (χ2n) is 9.90. The van der Waals surface area contributed by atoms with Crippen molar-refractivity contribution in [1.29, 1.82) is 0 Å². The van der Waals surface area contributed by atoms with Crippen LogP contribution in [0.3, 0.4) is 0 Å². The maximum atomic E-state index is 12.8. The zero-order chi connectivity index (χ0) is 25.9. The van der Waals surface area contributed by atoms with E-state index in [1.54, 1.807) is 0 Å². The minimum atomic E-state index is -4.57. The Morgan fingerprint density at radius 1 is 1.00 bits per heavy atom. The highest BCUT2D eigenvalue weighted by molar-refractivity contribution is 6.30. The molecule has 2 amide bonds. The average Bonchev–Trinajstić information content (AvgIpc) is 3.40. The third-order valence-electron chi connectivity index (χ3n) is 7.41. The zero-order valence-corrected chi connectivity index (χ0v) is 21.4. The van der Waals surface area contributed by atoms with Gasteiger partial charge in [-0.15, -0.1) is 0 Å². The highest BCUT2D eigenvalue weighted by Gasteiger charge is 2.40. The van der Waals surface area contributed by atoms with Crippen LogP contribution in [0.5, 0.6) is 0 Å². The Labute approximate surface area is 215 Å². The molecular formula is C25H34ClF3N4O3. The van der Waals surface area contributed by atoms with Gasteiger partial charge in [0.05, 0.1) is 0 Å². The Morgan fingerprint density at radius 3 is 2.25 bits per heavy atom. The first-order chi connectivity index (χ1) is 17.1. The number of benzene rings is 1. The van der Waals surface area contributed by atoms with E-state index in [9.17, 15) is 22.8 Å². The lowest BCUT2D eigenvalue weighted by atomic mass is 9.94. The minimum absolute atomic E-state index is 0.0786. The molecule has 7 nitrogen and oxygen atoms in total. The standard InChI is InChI=1S/C25H34ClF3N4O3/c1-18(25(27,28)29)36-24(35)33-14-12-30(13-15-33)17-20-4-5-21(26)16-22(20)31-10-6-19(7-11-31)23(34)32-8-2-3-9-32/h4-5,16,18-19H,2-3,6-15,17H2,1H3. The van der Waals surface area contributed by atoms with Gasteiger partial charge in [-0.3, -0.25) is 9.69 Å². The quantitative estimate of drug-likeness (QED) is 0.565. The van der Waals surface area contributed by atoms with Crippen molar-refractivity contribution in [3.63, 3.8) is 0 Å². The number of halogens is 4. The molecule has 200 valence electrons. The van der Waals surface area contributed by atoms with Gasteiger partial charge in [-0.2, -0.15) is 13.2 Å². The van der Waals surface area contributed by atoms with E-state index in [0.717, 1.165) is 70.0 Å². The van der Waals surface area contributed by atoms with Crippen LogP contribution in [0, 0.1) is 5.92 Å². The molecule has 1 unspecified atom stereocenters. The maximum absolute atomic E-state index is 12.8. The van der Waals surface area contributed by atoms with Gasteiger partial charge in [-0.25, -0.2) is 4.79 Å². The van der Waals surface area contributed by atoms with Gasteiger partial charge in [-0.05, 0) is 50.3 Å². The van der Waals surface area contributed by atoms with Crippen molar-refractivity contribution < 1.29 is 27.5 Å². The fourth-order valence-corrected chi connectivity index (χ4v) is 5.32. The Bertz CT molecular complexity index is 926. The summed E-state index contributed by atoms with van der Waals surface area (Å²) in [6.07, 6.45) is -3.81. The summed E-state index contributed by atoms with van der Waals surface area (Å²) < 4.78 is 42.7. The summed E-state index contributed by atoms with van der Waals surface area (Å²) in [6, 6.07) is 5.83. The smallest absolute Gasteiger partial charge is 0.425 e. The molecule has 3 aliphatic heterocycles. The van der Waals surface area contributed by atoms with Crippen LogP contribution in [0.1, 0.15) is 38.2 Å². The fourth-order valence-electron chi connectivity index (χ4n) is 5.15. The van der Waals surface area contributed by atoms with Crippen molar-refractivity contribution >= 4 is 29.3 Å². The number of likely N-dealkylation sites (tertiary alicyclic amines) is 1. The molecule has 11 heteroatoms. The number of amides is 2. The number of piperidine rings is 1. The van der Waals surface area contributed by atoms with Crippen LogP contribution in [-0.2, 0) is 16.1 Å². The van der Waals surface area contributed by atoms with Gasteiger partial charge in [0.2, 0.25) is 5.91 Å². The van der Waals surface area contributed by atoms with E-state index in [-0.39, 0.29) is 5.92 Å². The monoisotopic (exact) mass is 530 g/mol. The van der Waals surface area contributed by atoms with Crippen LogP contribution >= 0.6 is 11.6 Å². The summed E-state index contributed by atoms with van der Waals surface area (Å²) in [6.45, 7) is 6.47. The molecule has 4 rings (SSSR count). The third kappa shape index (κ3) is 6.56. The molecule has 3 fully saturated rings. The molecule has 0 saturated carbocycles. The Balaban J connectivity index is 1.31. The summed E-state index contributed by atoms with van der Waals surface area (Å²) in [5, 5.41) is 0.648. The van der Waals surface area contributed by atoms with E-state index in [2.05, 4.69) is 14.5 Å². The molecule has 3 heterocycles. The molecule has 36 heavy (non-hydrogen) atoms. The molecule has 1 aromatic carbocycles. The summed E-state index contributed by atoms with van der Waals surface area (Å²) in [5.41, 5.74) is 2.15. The van der Waals surface area contributed by atoms with Gasteiger partial charge in [0.25, 0.3) is 0 Å². The molecule has 1 atom stereocenters. The highest BCUT2D eigenvalue weighted by Crippen LogP contribution is 2.31. The second kappa shape index (κ2) is 11.5. The molecular weight excluding hydrogens is 497 g/mol. The number of alkyl halides is 3. The molecule has 0 aromatic heterocycles. The van der Waals surface area contributed by atoms with Gasteiger partial charge in [0.1, 0.15) is 0 Å². The lowest BCUT2D eigenvalue weighted by Crippen LogP contribution is -2.49. The van der Waals surface area contributed by atoms with Crippen molar-refractivity contribution in [2.24, 2.45) is 5.92 Å². The number of nitrogens with zero attached hydrogens (tertiary/aromatic N) is 4. The molecule has 3 aliphatic rings. The van der Waals surface area contributed by atoms with Gasteiger partial charge in [-0.1, -0.05) is 17.7 Å². The van der Waals surface area contributed by atoms with Crippen LogP contribution in [-0.4, -0.2) is 91.3 Å². The molecule has 0 radical (unpaired) electrons. The van der Waals surface area contributed by atoms with E-state index in [1.165, 1.54) is 4.90 Å². The van der Waals surface area contributed by atoms with E-state index in [1.807, 2.05) is 23.1 Å². The van der Waals surface area contributed by atoms with Crippen molar-refractivity contribution in [3.05, 3.63) is 28.8 Å². The normalized spacial score (nSPS) is 21.1. The summed E-state index contributed by atoms with van der Waals surface area (Å²) in [4.78, 5) is 32.7. The summed E-state index contributed by atoms with van der Waals surface area (Å²) in [7, 11) is 0. The van der Waals surface area contributed by atoms with E-state index in [0.29, 0.717) is 43.7 Å². The molecule has 1 aromatic rings. The lowest BCUT2D eigenvalue weighted by Gasteiger charge is -2.37. The van der Waals surface area contributed by atoms with E-state index >= 15 is 0 Å². The van der Waals surface area contributed by atoms with E-state index in [4.69, 9.17) is 11.6 Å². The average molecular weight is 531 g/mol. The van der Waals surface area contributed by atoms with Crippen molar-refractivity contribution in [1.82, 2.24) is 14.7 Å². The summed E-state index contributed by atoms with van der Waals surface area (Å²) in [5.74, 6) is 0.370. The number of ether oxygens (including phenoxy) is 1. The van der Waals surface area contributed by atoms with Gasteiger partial charge < -0.3 is 19.4 Å². The number of carbonyl (C=O) groups is 2. The zero-order valence-electron chi connectivity index (χ0n) is 20.6. The largest absolute Gasteiger partial charge is 0.437 e. The number of anilines is 1. The van der Waals surface area contributed by atoms with Crippen LogP contribution < -0.4 is 4.90 Å². The van der Waals surface area contributed by atoms with Gasteiger partial charge >= 0.3 is 12.3 Å². The van der Waals surface area contributed by atoms with Crippen LogP contribution in [0.2, 0.25) is 5.02 Å². The summed E-state index contributed by atoms with van der Waals surface area (Å²) >= 11 is 6.33. The number of hydrogen-bond acceptors (Lipinski definition) is 5. The van der Waals surface area contributed by atoms with Crippen molar-refractivity contribution in [3.8, 4) is 0 Å².